The van der Waals surface area contributed by atoms with E-state index >= 15 is 0 Å². The van der Waals surface area contributed by atoms with Gasteiger partial charge in [-0.2, -0.15) is 5.10 Å². The molecule has 0 saturated heterocycles. The minimum atomic E-state index is -0.111. The SMILES string of the molecule is CCC(CC)C(=O)NC(C)c1ncn[nH]1. The quantitative estimate of drug-likeness (QED) is 0.772. The van der Waals surface area contributed by atoms with Gasteiger partial charge in [-0.25, -0.2) is 4.98 Å². The number of nitrogens with one attached hydrogen (secondary N) is 2. The van der Waals surface area contributed by atoms with Gasteiger partial charge in [0.25, 0.3) is 0 Å². The van der Waals surface area contributed by atoms with E-state index in [1.165, 1.54) is 6.33 Å². The van der Waals surface area contributed by atoms with E-state index < -0.39 is 0 Å². The second-order valence-electron chi connectivity index (χ2n) is 3.61. The van der Waals surface area contributed by atoms with E-state index in [9.17, 15) is 4.79 Å². The van der Waals surface area contributed by atoms with Crippen molar-refractivity contribution >= 4 is 5.91 Å². The van der Waals surface area contributed by atoms with Crippen LogP contribution in [0, 0.1) is 5.92 Å². The fourth-order valence-electron chi connectivity index (χ4n) is 1.48. The summed E-state index contributed by atoms with van der Waals surface area (Å²) in [6, 6.07) is -0.111. The molecule has 5 nitrogen and oxygen atoms in total. The number of amides is 1. The summed E-state index contributed by atoms with van der Waals surface area (Å²) >= 11 is 0. The molecule has 0 saturated carbocycles. The van der Waals surface area contributed by atoms with Crippen molar-refractivity contribution in [3.05, 3.63) is 12.2 Å². The van der Waals surface area contributed by atoms with E-state index in [0.29, 0.717) is 5.82 Å². The molecule has 0 spiro atoms. The standard InChI is InChI=1S/C10H18N4O/c1-4-8(5-2)10(15)13-7(3)9-11-6-12-14-9/h6-8H,4-5H2,1-3H3,(H,13,15)(H,11,12,14). The molecule has 0 aromatic carbocycles. The third kappa shape index (κ3) is 3.04. The maximum absolute atomic E-state index is 11.7. The molecule has 1 amide bonds. The van der Waals surface area contributed by atoms with Crippen molar-refractivity contribution in [3.8, 4) is 0 Å². The summed E-state index contributed by atoms with van der Waals surface area (Å²) in [5.74, 6) is 0.869. The maximum atomic E-state index is 11.7. The number of aromatic amines is 1. The van der Waals surface area contributed by atoms with Crippen LogP contribution in [0.1, 0.15) is 45.5 Å². The summed E-state index contributed by atoms with van der Waals surface area (Å²) in [5.41, 5.74) is 0. The smallest absolute Gasteiger partial charge is 0.223 e. The maximum Gasteiger partial charge on any atom is 0.223 e. The molecule has 1 aromatic heterocycles. The second kappa shape index (κ2) is 5.48. The number of carbonyl (C=O) groups excluding carboxylic acids is 1. The first kappa shape index (κ1) is 11.7. The largest absolute Gasteiger partial charge is 0.346 e. The van der Waals surface area contributed by atoms with Crippen LogP contribution in [0.15, 0.2) is 6.33 Å². The normalized spacial score (nSPS) is 12.8. The number of rotatable bonds is 5. The monoisotopic (exact) mass is 210 g/mol. The van der Waals surface area contributed by atoms with Gasteiger partial charge in [-0.3, -0.25) is 9.89 Å². The van der Waals surface area contributed by atoms with E-state index in [-0.39, 0.29) is 17.9 Å². The van der Waals surface area contributed by atoms with Crippen LogP contribution in [0.25, 0.3) is 0 Å². The molecule has 0 aliphatic rings. The molecule has 84 valence electrons. The molecule has 0 radical (unpaired) electrons. The molecule has 0 aliphatic carbocycles. The lowest BCUT2D eigenvalue weighted by atomic mass is 10.0. The first-order valence-corrected chi connectivity index (χ1v) is 5.34. The first-order chi connectivity index (χ1) is 7.19. The first-order valence-electron chi connectivity index (χ1n) is 5.34. The Morgan fingerprint density at radius 3 is 2.67 bits per heavy atom. The van der Waals surface area contributed by atoms with Crippen LogP contribution >= 0.6 is 0 Å². The van der Waals surface area contributed by atoms with E-state index in [2.05, 4.69) is 20.5 Å². The van der Waals surface area contributed by atoms with Gasteiger partial charge in [0, 0.05) is 5.92 Å². The molecule has 0 fully saturated rings. The molecule has 5 heteroatoms. The van der Waals surface area contributed by atoms with Crippen molar-refractivity contribution in [3.63, 3.8) is 0 Å². The molecule has 15 heavy (non-hydrogen) atoms. The molecule has 1 heterocycles. The van der Waals surface area contributed by atoms with Gasteiger partial charge in [-0.05, 0) is 19.8 Å². The van der Waals surface area contributed by atoms with Gasteiger partial charge in [0.2, 0.25) is 5.91 Å². The Morgan fingerprint density at radius 1 is 1.53 bits per heavy atom. The zero-order chi connectivity index (χ0) is 11.3. The fourth-order valence-corrected chi connectivity index (χ4v) is 1.48. The summed E-state index contributed by atoms with van der Waals surface area (Å²) in [7, 11) is 0. The van der Waals surface area contributed by atoms with E-state index in [1.807, 2.05) is 20.8 Å². The topological polar surface area (TPSA) is 70.7 Å². The van der Waals surface area contributed by atoms with E-state index in [1.54, 1.807) is 0 Å². The van der Waals surface area contributed by atoms with Crippen LogP contribution in [0.5, 0.6) is 0 Å². The number of H-pyrrole nitrogens is 1. The molecule has 1 aromatic rings. The summed E-state index contributed by atoms with van der Waals surface area (Å²) in [4.78, 5) is 15.7. The number of nitrogens with zero attached hydrogens (tertiary/aromatic N) is 2. The molecular formula is C10H18N4O. The number of aromatic nitrogens is 3. The average Bonchev–Trinajstić information content (AvgIpc) is 2.72. The summed E-state index contributed by atoms with van der Waals surface area (Å²) < 4.78 is 0. The Labute approximate surface area is 89.7 Å². The third-order valence-corrected chi connectivity index (χ3v) is 2.56. The third-order valence-electron chi connectivity index (χ3n) is 2.56. The van der Waals surface area contributed by atoms with Crippen LogP contribution < -0.4 is 5.32 Å². The second-order valence-corrected chi connectivity index (χ2v) is 3.61. The number of hydrogen-bond acceptors (Lipinski definition) is 3. The Morgan fingerprint density at radius 2 is 2.20 bits per heavy atom. The lowest BCUT2D eigenvalue weighted by Crippen LogP contribution is -2.32. The van der Waals surface area contributed by atoms with Gasteiger partial charge in [-0.15, -0.1) is 0 Å². The summed E-state index contributed by atoms with van der Waals surface area (Å²) in [5, 5.41) is 9.40. The molecule has 2 N–H and O–H groups in total. The van der Waals surface area contributed by atoms with Crippen LogP contribution in [0.3, 0.4) is 0 Å². The van der Waals surface area contributed by atoms with Gasteiger partial charge in [0.05, 0.1) is 6.04 Å². The van der Waals surface area contributed by atoms with Crippen molar-refractivity contribution < 1.29 is 4.79 Å². The van der Waals surface area contributed by atoms with Crippen LogP contribution in [0.2, 0.25) is 0 Å². The average molecular weight is 210 g/mol. The molecule has 0 aliphatic heterocycles. The highest BCUT2D eigenvalue weighted by Crippen LogP contribution is 2.11. The zero-order valence-corrected chi connectivity index (χ0v) is 9.45. The van der Waals surface area contributed by atoms with Crippen molar-refractivity contribution in [2.24, 2.45) is 5.92 Å². The molecular weight excluding hydrogens is 192 g/mol. The molecule has 1 unspecified atom stereocenters. The number of carbonyl (C=O) groups is 1. The highest BCUT2D eigenvalue weighted by Gasteiger charge is 2.17. The predicted octanol–water partition coefficient (Wildman–Crippen LogP) is 1.42. The van der Waals surface area contributed by atoms with Gasteiger partial charge in [0.15, 0.2) is 0 Å². The summed E-state index contributed by atoms with van der Waals surface area (Å²) in [6.45, 7) is 5.93. The van der Waals surface area contributed by atoms with Gasteiger partial charge >= 0.3 is 0 Å². The Bertz CT molecular complexity index is 292. The minimum absolute atomic E-state index is 0.0869. The Hall–Kier alpha value is -1.39. The fraction of sp³-hybridized carbons (Fsp3) is 0.700. The highest BCUT2D eigenvalue weighted by molar-refractivity contribution is 5.78. The van der Waals surface area contributed by atoms with E-state index in [0.717, 1.165) is 12.8 Å². The van der Waals surface area contributed by atoms with Crippen molar-refractivity contribution in [2.45, 2.75) is 39.7 Å². The minimum Gasteiger partial charge on any atom is -0.346 e. The van der Waals surface area contributed by atoms with Crippen LogP contribution in [0.4, 0.5) is 0 Å². The number of hydrogen-bond donors (Lipinski definition) is 2. The zero-order valence-electron chi connectivity index (χ0n) is 9.45. The van der Waals surface area contributed by atoms with E-state index in [4.69, 9.17) is 0 Å². The van der Waals surface area contributed by atoms with Gasteiger partial charge in [-0.1, -0.05) is 13.8 Å². The highest BCUT2D eigenvalue weighted by atomic mass is 16.1. The van der Waals surface area contributed by atoms with Gasteiger partial charge in [0.1, 0.15) is 12.2 Å². The molecule has 0 bridgehead atoms. The van der Waals surface area contributed by atoms with Crippen LogP contribution in [-0.2, 0) is 4.79 Å². The molecule has 1 atom stereocenters. The predicted molar refractivity (Wildman–Crippen MR) is 57.0 cm³/mol. The van der Waals surface area contributed by atoms with Crippen LogP contribution in [-0.4, -0.2) is 21.1 Å². The lowest BCUT2D eigenvalue weighted by Gasteiger charge is -2.16. The summed E-state index contributed by atoms with van der Waals surface area (Å²) in [6.07, 6.45) is 3.17. The Balaban J connectivity index is 2.51. The van der Waals surface area contributed by atoms with Crippen molar-refractivity contribution in [1.29, 1.82) is 0 Å². The van der Waals surface area contributed by atoms with Crippen molar-refractivity contribution in [1.82, 2.24) is 20.5 Å². The van der Waals surface area contributed by atoms with Gasteiger partial charge < -0.3 is 5.32 Å². The van der Waals surface area contributed by atoms with Crippen molar-refractivity contribution in [2.75, 3.05) is 0 Å². The Kier molecular flexibility index (Phi) is 4.27. The lowest BCUT2D eigenvalue weighted by molar-refractivity contribution is -0.125. The molecule has 1 rings (SSSR count).